The van der Waals surface area contributed by atoms with Crippen LogP contribution in [0.25, 0.3) is 0 Å². The standard InChI is InChI=1S/C27H36N2O4/c1-20-5-7-22(8-6-20)33-16-15-28(2)26(30)24-18-27(24)11-13-29(14-12-27)19-21-17-23(31-3)9-10-25(21)32-4/h5-10,17,24H,11-16,18-19H2,1-4H3. The molecule has 2 aromatic carbocycles. The first-order chi connectivity index (χ1) is 15.9. The molecule has 1 saturated heterocycles. The van der Waals surface area contributed by atoms with Crippen molar-refractivity contribution in [2.75, 3.05) is 47.5 Å². The molecule has 1 saturated carbocycles. The Bertz CT molecular complexity index is 951. The van der Waals surface area contributed by atoms with Crippen molar-refractivity contribution < 1.29 is 19.0 Å². The number of amides is 1. The zero-order valence-electron chi connectivity index (χ0n) is 20.3. The molecule has 1 heterocycles. The van der Waals surface area contributed by atoms with Crippen LogP contribution in [0.1, 0.15) is 30.4 Å². The van der Waals surface area contributed by atoms with E-state index in [4.69, 9.17) is 14.2 Å². The molecule has 33 heavy (non-hydrogen) atoms. The Morgan fingerprint density at radius 3 is 2.42 bits per heavy atom. The molecular weight excluding hydrogens is 416 g/mol. The number of hydrogen-bond donors (Lipinski definition) is 0. The summed E-state index contributed by atoms with van der Waals surface area (Å²) in [6.45, 7) is 6.03. The Labute approximate surface area is 197 Å². The van der Waals surface area contributed by atoms with Gasteiger partial charge in [-0.15, -0.1) is 0 Å². The fraction of sp³-hybridized carbons (Fsp3) is 0.519. The van der Waals surface area contributed by atoms with Gasteiger partial charge in [-0.3, -0.25) is 9.69 Å². The predicted octanol–water partition coefficient (Wildman–Crippen LogP) is 4.15. The lowest BCUT2D eigenvalue weighted by Gasteiger charge is -2.33. The number of ether oxygens (including phenoxy) is 3. The topological polar surface area (TPSA) is 51.2 Å². The number of aryl methyl sites for hydroxylation is 1. The lowest BCUT2D eigenvalue weighted by molar-refractivity contribution is -0.132. The lowest BCUT2D eigenvalue weighted by atomic mass is 9.90. The molecule has 0 N–H and O–H groups in total. The smallest absolute Gasteiger partial charge is 0.226 e. The first-order valence-electron chi connectivity index (χ1n) is 11.8. The van der Waals surface area contributed by atoms with E-state index in [1.165, 1.54) is 5.56 Å². The Morgan fingerprint density at radius 2 is 1.76 bits per heavy atom. The van der Waals surface area contributed by atoms with E-state index in [2.05, 4.69) is 17.9 Å². The third-order valence-electron chi connectivity index (χ3n) is 7.31. The Kier molecular flexibility index (Phi) is 7.13. The molecule has 1 unspecified atom stereocenters. The minimum absolute atomic E-state index is 0.162. The molecule has 1 amide bonds. The van der Waals surface area contributed by atoms with Crippen LogP contribution in [0, 0.1) is 18.3 Å². The molecule has 0 radical (unpaired) electrons. The van der Waals surface area contributed by atoms with E-state index in [9.17, 15) is 4.79 Å². The van der Waals surface area contributed by atoms with Crippen molar-refractivity contribution in [2.45, 2.75) is 32.7 Å². The molecule has 2 aromatic rings. The molecule has 0 bridgehead atoms. The van der Waals surface area contributed by atoms with Crippen molar-refractivity contribution in [2.24, 2.45) is 11.3 Å². The molecule has 2 aliphatic rings. The summed E-state index contributed by atoms with van der Waals surface area (Å²) < 4.78 is 16.7. The highest BCUT2D eigenvalue weighted by Crippen LogP contribution is 2.60. The van der Waals surface area contributed by atoms with Crippen molar-refractivity contribution in [1.29, 1.82) is 0 Å². The number of nitrogens with zero attached hydrogens (tertiary/aromatic N) is 2. The minimum Gasteiger partial charge on any atom is -0.497 e. The van der Waals surface area contributed by atoms with E-state index in [-0.39, 0.29) is 17.2 Å². The number of rotatable bonds is 9. The second-order valence-electron chi connectivity index (χ2n) is 9.49. The molecule has 1 aliphatic carbocycles. The van der Waals surface area contributed by atoms with Gasteiger partial charge >= 0.3 is 0 Å². The largest absolute Gasteiger partial charge is 0.497 e. The van der Waals surface area contributed by atoms with Gasteiger partial charge in [-0.05, 0) is 75.0 Å². The highest BCUT2D eigenvalue weighted by molar-refractivity contribution is 5.82. The average molecular weight is 453 g/mol. The van der Waals surface area contributed by atoms with E-state index >= 15 is 0 Å². The number of hydrogen-bond acceptors (Lipinski definition) is 5. The summed E-state index contributed by atoms with van der Waals surface area (Å²) >= 11 is 0. The summed E-state index contributed by atoms with van der Waals surface area (Å²) in [4.78, 5) is 17.3. The maximum Gasteiger partial charge on any atom is 0.226 e. The maximum atomic E-state index is 13.0. The molecule has 1 spiro atoms. The molecule has 1 aliphatic heterocycles. The number of methoxy groups -OCH3 is 2. The number of likely N-dealkylation sites (tertiary alicyclic amines) is 1. The molecule has 1 atom stereocenters. The zero-order chi connectivity index (χ0) is 23.4. The van der Waals surface area contributed by atoms with Crippen LogP contribution in [-0.4, -0.2) is 63.2 Å². The number of benzene rings is 2. The molecule has 178 valence electrons. The van der Waals surface area contributed by atoms with Crippen molar-refractivity contribution in [3.05, 3.63) is 53.6 Å². The first kappa shape index (κ1) is 23.4. The normalized spacial score (nSPS) is 19.2. The van der Waals surface area contributed by atoms with Gasteiger partial charge in [-0.1, -0.05) is 17.7 Å². The van der Waals surface area contributed by atoms with Crippen molar-refractivity contribution >= 4 is 5.91 Å². The summed E-state index contributed by atoms with van der Waals surface area (Å²) in [5.41, 5.74) is 2.55. The van der Waals surface area contributed by atoms with Crippen LogP contribution in [0.4, 0.5) is 0 Å². The third kappa shape index (κ3) is 5.44. The van der Waals surface area contributed by atoms with Gasteiger partial charge in [0, 0.05) is 25.1 Å². The average Bonchev–Trinajstić information content (AvgIpc) is 3.54. The quantitative estimate of drug-likeness (QED) is 0.572. The molecule has 6 heteroatoms. The second-order valence-corrected chi connectivity index (χ2v) is 9.49. The van der Waals surface area contributed by atoms with E-state index < -0.39 is 0 Å². The summed E-state index contributed by atoms with van der Waals surface area (Å²) in [7, 11) is 5.29. The van der Waals surface area contributed by atoms with Gasteiger partial charge in [-0.25, -0.2) is 0 Å². The van der Waals surface area contributed by atoms with Gasteiger partial charge in [0.15, 0.2) is 0 Å². The van der Waals surface area contributed by atoms with Gasteiger partial charge in [0.05, 0.1) is 20.8 Å². The van der Waals surface area contributed by atoms with Crippen LogP contribution in [0.2, 0.25) is 0 Å². The van der Waals surface area contributed by atoms with Crippen molar-refractivity contribution in [3.63, 3.8) is 0 Å². The Morgan fingerprint density at radius 1 is 1.06 bits per heavy atom. The monoisotopic (exact) mass is 452 g/mol. The van der Waals surface area contributed by atoms with Gasteiger partial charge in [0.2, 0.25) is 5.91 Å². The van der Waals surface area contributed by atoms with Gasteiger partial charge in [0.25, 0.3) is 0 Å². The van der Waals surface area contributed by atoms with Crippen molar-refractivity contribution in [3.8, 4) is 17.2 Å². The summed E-state index contributed by atoms with van der Waals surface area (Å²) in [5.74, 6) is 3.02. The lowest BCUT2D eigenvalue weighted by Crippen LogP contribution is -2.38. The van der Waals surface area contributed by atoms with Crippen LogP contribution in [0.5, 0.6) is 17.2 Å². The van der Waals surface area contributed by atoms with Gasteiger partial charge in [0.1, 0.15) is 23.9 Å². The van der Waals surface area contributed by atoms with Crippen LogP contribution in [-0.2, 0) is 11.3 Å². The van der Waals surface area contributed by atoms with E-state index in [1.807, 2.05) is 48.3 Å². The van der Waals surface area contributed by atoms with E-state index in [1.54, 1.807) is 14.2 Å². The first-order valence-corrected chi connectivity index (χ1v) is 11.8. The Balaban J connectivity index is 1.24. The van der Waals surface area contributed by atoms with E-state index in [0.29, 0.717) is 13.2 Å². The minimum atomic E-state index is 0.162. The third-order valence-corrected chi connectivity index (χ3v) is 7.31. The summed E-state index contributed by atoms with van der Waals surface area (Å²) in [6, 6.07) is 14.0. The summed E-state index contributed by atoms with van der Waals surface area (Å²) in [5, 5.41) is 0. The van der Waals surface area contributed by atoms with Gasteiger partial charge in [-0.2, -0.15) is 0 Å². The van der Waals surface area contributed by atoms with Crippen LogP contribution in [0.3, 0.4) is 0 Å². The van der Waals surface area contributed by atoms with Crippen LogP contribution in [0.15, 0.2) is 42.5 Å². The molecule has 0 aromatic heterocycles. The fourth-order valence-corrected chi connectivity index (χ4v) is 4.96. The zero-order valence-corrected chi connectivity index (χ0v) is 20.3. The molecule has 4 rings (SSSR count). The highest BCUT2D eigenvalue weighted by atomic mass is 16.5. The highest BCUT2D eigenvalue weighted by Gasteiger charge is 2.58. The fourth-order valence-electron chi connectivity index (χ4n) is 4.96. The van der Waals surface area contributed by atoms with Crippen molar-refractivity contribution in [1.82, 2.24) is 9.80 Å². The second kappa shape index (κ2) is 10.0. The number of carbonyl (C=O) groups is 1. The molecule has 6 nitrogen and oxygen atoms in total. The molecule has 2 fully saturated rings. The van der Waals surface area contributed by atoms with Gasteiger partial charge < -0.3 is 19.1 Å². The number of piperidine rings is 1. The van der Waals surface area contributed by atoms with E-state index in [0.717, 1.165) is 61.7 Å². The number of likely N-dealkylation sites (N-methyl/N-ethyl adjacent to an activating group) is 1. The predicted molar refractivity (Wildman–Crippen MR) is 129 cm³/mol. The van der Waals surface area contributed by atoms with Crippen LogP contribution < -0.4 is 14.2 Å². The van der Waals surface area contributed by atoms with Crippen LogP contribution >= 0.6 is 0 Å². The Hall–Kier alpha value is -2.73. The number of carbonyl (C=O) groups excluding carboxylic acids is 1. The summed E-state index contributed by atoms with van der Waals surface area (Å²) in [6.07, 6.45) is 3.16. The molecular formula is C27H36N2O4. The SMILES string of the molecule is COc1ccc(OC)c(CN2CCC3(CC2)CC3C(=O)N(C)CCOc2ccc(C)cc2)c1. The maximum absolute atomic E-state index is 13.0.